The summed E-state index contributed by atoms with van der Waals surface area (Å²) in [4.78, 5) is 11.0. The molecule has 17 heavy (non-hydrogen) atoms. The van der Waals surface area contributed by atoms with Crippen molar-refractivity contribution in [2.24, 2.45) is 0 Å². The summed E-state index contributed by atoms with van der Waals surface area (Å²) in [5.41, 5.74) is -2.94. The predicted molar refractivity (Wildman–Crippen MR) is 53.6 cm³/mol. The average molecular weight is 250 g/mol. The van der Waals surface area contributed by atoms with Crippen LogP contribution in [0, 0.1) is 0 Å². The van der Waals surface area contributed by atoms with E-state index in [1.54, 1.807) is 0 Å². The number of aromatic nitrogens is 2. The van der Waals surface area contributed by atoms with Gasteiger partial charge in [-0.05, 0) is 20.8 Å². The number of rotatable bonds is 3. The van der Waals surface area contributed by atoms with Crippen molar-refractivity contribution in [3.05, 3.63) is 17.5 Å². The standard InChI is InChI=1S/C10H13F3N2O2/c1-4-15-7(10(11,12)13)6(5-14-15)9(2,3)8(16)17/h5H,4H2,1-3H3,(H,16,17). The molecule has 0 unspecified atom stereocenters. The molecular weight excluding hydrogens is 237 g/mol. The van der Waals surface area contributed by atoms with Crippen molar-refractivity contribution in [1.29, 1.82) is 0 Å². The number of nitrogens with zero attached hydrogens (tertiary/aromatic N) is 2. The Morgan fingerprint density at radius 1 is 1.47 bits per heavy atom. The van der Waals surface area contributed by atoms with Crippen molar-refractivity contribution in [3.63, 3.8) is 0 Å². The third kappa shape index (κ3) is 2.27. The Bertz CT molecular complexity index is 435. The van der Waals surface area contributed by atoms with Crippen LogP contribution in [-0.2, 0) is 22.9 Å². The van der Waals surface area contributed by atoms with Crippen LogP contribution in [0.3, 0.4) is 0 Å². The Kier molecular flexibility index (Phi) is 3.22. The van der Waals surface area contributed by atoms with Crippen LogP contribution in [0.25, 0.3) is 0 Å². The van der Waals surface area contributed by atoms with E-state index in [1.807, 2.05) is 0 Å². The van der Waals surface area contributed by atoms with Gasteiger partial charge in [0.2, 0.25) is 0 Å². The molecule has 0 aliphatic carbocycles. The van der Waals surface area contributed by atoms with Crippen LogP contribution in [0.15, 0.2) is 6.20 Å². The molecule has 0 spiro atoms. The van der Waals surface area contributed by atoms with Crippen molar-refractivity contribution >= 4 is 5.97 Å². The van der Waals surface area contributed by atoms with Gasteiger partial charge in [0.1, 0.15) is 5.69 Å². The molecule has 7 heteroatoms. The predicted octanol–water partition coefficient (Wildman–Crippen LogP) is 2.28. The van der Waals surface area contributed by atoms with Gasteiger partial charge >= 0.3 is 12.1 Å². The third-order valence-corrected chi connectivity index (χ3v) is 2.62. The highest BCUT2D eigenvalue weighted by molar-refractivity contribution is 5.80. The summed E-state index contributed by atoms with van der Waals surface area (Å²) >= 11 is 0. The van der Waals surface area contributed by atoms with Crippen molar-refractivity contribution in [2.45, 2.75) is 38.9 Å². The maximum atomic E-state index is 12.9. The largest absolute Gasteiger partial charge is 0.481 e. The lowest BCUT2D eigenvalue weighted by Crippen LogP contribution is -2.31. The fourth-order valence-corrected chi connectivity index (χ4v) is 1.50. The Balaban J connectivity index is 3.46. The molecule has 1 N–H and O–H groups in total. The van der Waals surface area contributed by atoms with Crippen LogP contribution < -0.4 is 0 Å². The molecule has 0 radical (unpaired) electrons. The summed E-state index contributed by atoms with van der Waals surface area (Å²) < 4.78 is 39.4. The maximum absolute atomic E-state index is 12.9. The number of carboxylic acid groups (broad SMARTS) is 1. The van der Waals surface area contributed by atoms with E-state index in [0.29, 0.717) is 0 Å². The quantitative estimate of drug-likeness (QED) is 0.895. The Morgan fingerprint density at radius 3 is 2.35 bits per heavy atom. The van der Waals surface area contributed by atoms with Crippen LogP contribution in [0.4, 0.5) is 13.2 Å². The number of aryl methyl sites for hydroxylation is 1. The normalized spacial score (nSPS) is 12.8. The zero-order valence-electron chi connectivity index (χ0n) is 9.67. The number of carboxylic acids is 1. The minimum atomic E-state index is -4.62. The van der Waals surface area contributed by atoms with Crippen molar-refractivity contribution in [2.75, 3.05) is 0 Å². The van der Waals surface area contributed by atoms with E-state index in [4.69, 9.17) is 5.11 Å². The van der Waals surface area contributed by atoms with Gasteiger partial charge in [-0.1, -0.05) is 0 Å². The molecule has 0 saturated heterocycles. The first kappa shape index (κ1) is 13.5. The van der Waals surface area contributed by atoms with Crippen molar-refractivity contribution in [3.8, 4) is 0 Å². The van der Waals surface area contributed by atoms with Gasteiger partial charge in [-0.25, -0.2) is 0 Å². The Morgan fingerprint density at radius 2 is 2.00 bits per heavy atom. The zero-order chi connectivity index (χ0) is 13.4. The summed E-state index contributed by atoms with van der Waals surface area (Å²) in [5.74, 6) is -1.32. The van der Waals surface area contributed by atoms with Crippen LogP contribution >= 0.6 is 0 Å². The first-order chi connectivity index (χ1) is 7.62. The molecule has 0 bridgehead atoms. The molecule has 96 valence electrons. The zero-order valence-corrected chi connectivity index (χ0v) is 9.67. The molecule has 4 nitrogen and oxygen atoms in total. The van der Waals surface area contributed by atoms with Gasteiger partial charge in [0.25, 0.3) is 0 Å². The number of alkyl halides is 3. The molecule has 1 aromatic rings. The molecule has 0 aliphatic heterocycles. The molecule has 0 fully saturated rings. The topological polar surface area (TPSA) is 55.1 Å². The minimum Gasteiger partial charge on any atom is -0.481 e. The van der Waals surface area contributed by atoms with E-state index < -0.39 is 23.3 Å². The van der Waals surface area contributed by atoms with Crippen LogP contribution in [0.5, 0.6) is 0 Å². The van der Waals surface area contributed by atoms with Gasteiger partial charge in [-0.3, -0.25) is 9.48 Å². The van der Waals surface area contributed by atoms with E-state index in [1.165, 1.54) is 20.8 Å². The lowest BCUT2D eigenvalue weighted by molar-refractivity contribution is -0.147. The summed E-state index contributed by atoms with van der Waals surface area (Å²) in [6.07, 6.45) is -3.64. The minimum absolute atomic E-state index is 0.0323. The molecule has 0 amide bonds. The third-order valence-electron chi connectivity index (χ3n) is 2.62. The number of hydrogen-bond donors (Lipinski definition) is 1. The lowest BCUT2D eigenvalue weighted by atomic mass is 9.85. The second-order valence-corrected chi connectivity index (χ2v) is 4.15. The molecule has 0 aliphatic rings. The maximum Gasteiger partial charge on any atom is 0.433 e. The summed E-state index contributed by atoms with van der Waals surface area (Å²) in [7, 11) is 0. The Hall–Kier alpha value is -1.53. The molecule has 0 aromatic carbocycles. The van der Waals surface area contributed by atoms with Crippen molar-refractivity contribution in [1.82, 2.24) is 9.78 Å². The fraction of sp³-hybridized carbons (Fsp3) is 0.600. The highest BCUT2D eigenvalue weighted by Crippen LogP contribution is 2.37. The highest BCUT2D eigenvalue weighted by Gasteiger charge is 2.44. The number of hydrogen-bond acceptors (Lipinski definition) is 2. The summed E-state index contributed by atoms with van der Waals surface area (Å²) in [6, 6.07) is 0. The van der Waals surface area contributed by atoms with Gasteiger partial charge in [-0.15, -0.1) is 0 Å². The van der Waals surface area contributed by atoms with E-state index >= 15 is 0 Å². The smallest absolute Gasteiger partial charge is 0.433 e. The monoisotopic (exact) mass is 250 g/mol. The molecule has 1 heterocycles. The van der Waals surface area contributed by atoms with Crippen molar-refractivity contribution < 1.29 is 23.1 Å². The first-order valence-electron chi connectivity index (χ1n) is 4.99. The number of carbonyl (C=O) groups is 1. The molecule has 1 rings (SSSR count). The van der Waals surface area contributed by atoms with Gasteiger partial charge in [0.05, 0.1) is 11.6 Å². The van der Waals surface area contributed by atoms with E-state index in [-0.39, 0.29) is 12.1 Å². The second-order valence-electron chi connectivity index (χ2n) is 4.15. The van der Waals surface area contributed by atoms with E-state index in [0.717, 1.165) is 10.9 Å². The molecule has 0 atom stereocenters. The molecule has 0 saturated carbocycles. The molecule has 1 aromatic heterocycles. The summed E-state index contributed by atoms with van der Waals surface area (Å²) in [6.45, 7) is 3.99. The van der Waals surface area contributed by atoms with Gasteiger partial charge in [0, 0.05) is 12.1 Å². The van der Waals surface area contributed by atoms with Gasteiger partial charge in [-0.2, -0.15) is 18.3 Å². The van der Waals surface area contributed by atoms with Crippen LogP contribution in [0.2, 0.25) is 0 Å². The second kappa shape index (κ2) is 4.05. The highest BCUT2D eigenvalue weighted by atomic mass is 19.4. The summed E-state index contributed by atoms with van der Waals surface area (Å²) in [5, 5.41) is 12.5. The molecular formula is C10H13F3N2O2. The van der Waals surface area contributed by atoms with E-state index in [9.17, 15) is 18.0 Å². The Labute approximate surface area is 96.0 Å². The van der Waals surface area contributed by atoms with Gasteiger partial charge < -0.3 is 5.11 Å². The van der Waals surface area contributed by atoms with Crippen LogP contribution in [0.1, 0.15) is 32.0 Å². The number of halogens is 3. The van der Waals surface area contributed by atoms with Gasteiger partial charge in [0.15, 0.2) is 0 Å². The first-order valence-corrected chi connectivity index (χ1v) is 4.99. The number of aliphatic carboxylic acids is 1. The van der Waals surface area contributed by atoms with E-state index in [2.05, 4.69) is 5.10 Å². The lowest BCUT2D eigenvalue weighted by Gasteiger charge is -2.21. The average Bonchev–Trinajstić information content (AvgIpc) is 2.60. The van der Waals surface area contributed by atoms with Crippen LogP contribution in [-0.4, -0.2) is 20.9 Å². The fourth-order valence-electron chi connectivity index (χ4n) is 1.50. The SMILES string of the molecule is CCn1ncc(C(C)(C)C(=O)O)c1C(F)(F)F.